The van der Waals surface area contributed by atoms with Gasteiger partial charge >= 0.3 is 5.97 Å². The summed E-state index contributed by atoms with van der Waals surface area (Å²) in [5.41, 5.74) is 1.37. The molecule has 3 aliphatic heterocycles. The number of piperazine rings is 1. The second kappa shape index (κ2) is 8.54. The predicted octanol–water partition coefficient (Wildman–Crippen LogP) is 0.765. The van der Waals surface area contributed by atoms with Crippen LogP contribution < -0.4 is 4.90 Å². The minimum Gasteiger partial charge on any atom is -0.449 e. The molecule has 1 atom stereocenters. The molecule has 1 saturated heterocycles. The van der Waals surface area contributed by atoms with Crippen molar-refractivity contribution >= 4 is 33.4 Å². The summed E-state index contributed by atoms with van der Waals surface area (Å²) in [5, 5.41) is 0. The van der Waals surface area contributed by atoms with Gasteiger partial charge in [-0.25, -0.2) is 13.2 Å². The third kappa shape index (κ3) is 4.79. The van der Waals surface area contributed by atoms with Gasteiger partial charge in [0.25, 0.3) is 15.9 Å². The van der Waals surface area contributed by atoms with E-state index in [0.29, 0.717) is 26.2 Å². The van der Waals surface area contributed by atoms with Crippen molar-refractivity contribution in [1.82, 2.24) is 9.80 Å². The lowest BCUT2D eigenvalue weighted by molar-refractivity contribution is -0.156. The number of nitrogens with zero attached hydrogens (tertiary/aromatic N) is 4. The number of benzene rings is 1. The first-order chi connectivity index (χ1) is 14.8. The summed E-state index contributed by atoms with van der Waals surface area (Å²) in [6.45, 7) is 4.31. The predicted molar refractivity (Wildman–Crippen MR) is 116 cm³/mol. The van der Waals surface area contributed by atoms with Crippen molar-refractivity contribution in [1.29, 1.82) is 0 Å². The number of carbonyl (C=O) groups excluding carboxylic acids is 2. The molecule has 0 N–H and O–H groups in total. The fraction of sp³-hybridized carbons (Fsp3) is 0.381. The van der Waals surface area contributed by atoms with Gasteiger partial charge in [0.2, 0.25) is 0 Å². The van der Waals surface area contributed by atoms with Gasteiger partial charge in [0, 0.05) is 44.6 Å². The molecule has 0 aromatic heterocycles. The summed E-state index contributed by atoms with van der Waals surface area (Å²) in [6, 6.07) is 10.0. The Hall–Kier alpha value is -3.14. The molecule has 0 spiro atoms. The second-order valence-electron chi connectivity index (χ2n) is 7.54. The van der Waals surface area contributed by atoms with E-state index in [1.165, 1.54) is 18.4 Å². The highest BCUT2D eigenvalue weighted by molar-refractivity contribution is 7.90. The van der Waals surface area contributed by atoms with Crippen LogP contribution in [0.4, 0.5) is 5.69 Å². The molecule has 1 amide bonds. The number of hydrogen-bond donors (Lipinski definition) is 0. The van der Waals surface area contributed by atoms with Gasteiger partial charge in [-0.05, 0) is 31.2 Å². The number of esters is 1. The van der Waals surface area contributed by atoms with Gasteiger partial charge in [0.05, 0.1) is 11.3 Å². The number of ether oxygens (including phenoxy) is 1. The van der Waals surface area contributed by atoms with Crippen molar-refractivity contribution in [2.24, 2.45) is 4.40 Å². The smallest absolute Gasteiger partial charge is 0.340 e. The van der Waals surface area contributed by atoms with Crippen molar-refractivity contribution in [3.8, 4) is 0 Å². The van der Waals surface area contributed by atoms with Crippen molar-refractivity contribution in [3.05, 3.63) is 54.3 Å². The number of para-hydroxylation sites is 1. The maximum Gasteiger partial charge on any atom is 0.340 e. The third-order valence-corrected chi connectivity index (χ3v) is 6.57. The van der Waals surface area contributed by atoms with E-state index >= 15 is 0 Å². The minimum absolute atomic E-state index is 0.118. The van der Waals surface area contributed by atoms with E-state index in [1.807, 2.05) is 30.3 Å². The van der Waals surface area contributed by atoms with E-state index in [0.717, 1.165) is 5.69 Å². The molecule has 0 saturated carbocycles. The number of hydrogen-bond acceptors (Lipinski definition) is 7. The number of sulfonamides is 1. The van der Waals surface area contributed by atoms with Gasteiger partial charge in [0.1, 0.15) is 5.84 Å². The highest BCUT2D eigenvalue weighted by Gasteiger charge is 2.29. The van der Waals surface area contributed by atoms with Gasteiger partial charge < -0.3 is 19.4 Å². The Bertz CT molecular complexity index is 1060. The van der Waals surface area contributed by atoms with E-state index in [4.69, 9.17) is 4.74 Å². The molecule has 3 aliphatic rings. The molecule has 31 heavy (non-hydrogen) atoms. The molecule has 1 unspecified atom stereocenters. The lowest BCUT2D eigenvalue weighted by Crippen LogP contribution is -2.51. The zero-order valence-electron chi connectivity index (χ0n) is 17.2. The standard InChI is InChI=1S/C21H24N4O5S/c1-16(20(26)24-11-9-23(10-12-24)18-5-3-2-4-6-18)30-21(27)17-7-8-19-22-31(28,29)14-13-25(19)15-17/h2-8,15-16H,9-14H2,1H3. The van der Waals surface area contributed by atoms with Gasteiger partial charge in [-0.2, -0.15) is 0 Å². The fourth-order valence-corrected chi connectivity index (χ4v) is 4.65. The summed E-state index contributed by atoms with van der Waals surface area (Å²) in [4.78, 5) is 30.8. The van der Waals surface area contributed by atoms with Crippen LogP contribution in [0.15, 0.2) is 58.7 Å². The molecule has 0 bridgehead atoms. The average Bonchev–Trinajstić information content (AvgIpc) is 2.78. The van der Waals surface area contributed by atoms with E-state index in [-0.39, 0.29) is 29.6 Å². The Labute approximate surface area is 181 Å². The Kier molecular flexibility index (Phi) is 5.81. The molecule has 164 valence electrons. The molecule has 10 heteroatoms. The third-order valence-electron chi connectivity index (χ3n) is 5.40. The largest absolute Gasteiger partial charge is 0.449 e. The van der Waals surface area contributed by atoms with Gasteiger partial charge in [-0.1, -0.05) is 18.2 Å². The number of carbonyl (C=O) groups is 2. The number of rotatable bonds is 4. The number of amidine groups is 1. The molecule has 0 radical (unpaired) electrons. The first kappa shape index (κ1) is 21.1. The fourth-order valence-electron chi connectivity index (χ4n) is 3.68. The number of fused-ring (bicyclic) bond motifs is 1. The molecule has 1 aromatic rings. The van der Waals surface area contributed by atoms with Crippen LogP contribution in [0.25, 0.3) is 0 Å². The van der Waals surface area contributed by atoms with Crippen LogP contribution in [0.5, 0.6) is 0 Å². The molecule has 9 nitrogen and oxygen atoms in total. The SMILES string of the molecule is CC(OC(=O)C1=CN2CCS(=O)(=O)N=C2C=C1)C(=O)N1CCN(c2ccccc2)CC1. The van der Waals surface area contributed by atoms with Crippen LogP contribution in [0.2, 0.25) is 0 Å². The number of anilines is 1. The first-order valence-electron chi connectivity index (χ1n) is 10.1. The van der Waals surface area contributed by atoms with Gasteiger partial charge in [-0.3, -0.25) is 4.79 Å². The van der Waals surface area contributed by atoms with E-state index in [9.17, 15) is 18.0 Å². The maximum atomic E-state index is 12.8. The topological polar surface area (TPSA) is 99.6 Å². The van der Waals surface area contributed by atoms with Crippen molar-refractivity contribution in [3.63, 3.8) is 0 Å². The van der Waals surface area contributed by atoms with Crippen molar-refractivity contribution < 1.29 is 22.7 Å². The van der Waals surface area contributed by atoms with Crippen molar-refractivity contribution in [2.75, 3.05) is 43.4 Å². The summed E-state index contributed by atoms with van der Waals surface area (Å²) in [7, 11) is -3.46. The highest BCUT2D eigenvalue weighted by atomic mass is 32.2. The van der Waals surface area contributed by atoms with E-state index in [2.05, 4.69) is 9.30 Å². The first-order valence-corrected chi connectivity index (χ1v) is 11.7. The number of amides is 1. The summed E-state index contributed by atoms with van der Waals surface area (Å²) in [6.07, 6.45) is 3.50. The molecule has 4 rings (SSSR count). The van der Waals surface area contributed by atoms with Crippen LogP contribution >= 0.6 is 0 Å². The van der Waals surface area contributed by atoms with Crippen LogP contribution in [0.1, 0.15) is 6.92 Å². The molecule has 3 heterocycles. The summed E-state index contributed by atoms with van der Waals surface area (Å²) in [5.74, 6) is -0.712. The Morgan fingerprint density at radius 3 is 2.45 bits per heavy atom. The summed E-state index contributed by atoms with van der Waals surface area (Å²) >= 11 is 0. The van der Waals surface area contributed by atoms with Crippen LogP contribution in [0.3, 0.4) is 0 Å². The zero-order valence-corrected chi connectivity index (χ0v) is 18.0. The van der Waals surface area contributed by atoms with E-state index in [1.54, 1.807) is 16.7 Å². The second-order valence-corrected chi connectivity index (χ2v) is 9.30. The zero-order chi connectivity index (χ0) is 22.0. The Morgan fingerprint density at radius 1 is 1.03 bits per heavy atom. The quantitative estimate of drug-likeness (QED) is 0.633. The van der Waals surface area contributed by atoms with Crippen LogP contribution in [-0.4, -0.2) is 80.5 Å². The molecular formula is C21H24N4O5S. The van der Waals surface area contributed by atoms with Crippen molar-refractivity contribution in [2.45, 2.75) is 13.0 Å². The maximum absolute atomic E-state index is 12.8. The lowest BCUT2D eigenvalue weighted by Gasteiger charge is -2.37. The van der Waals surface area contributed by atoms with E-state index < -0.39 is 22.1 Å². The molecular weight excluding hydrogens is 420 g/mol. The van der Waals surface area contributed by atoms with Crippen LogP contribution in [0, 0.1) is 0 Å². The lowest BCUT2D eigenvalue weighted by atomic mass is 10.2. The molecule has 1 aromatic carbocycles. The van der Waals surface area contributed by atoms with Gasteiger partial charge in [-0.15, -0.1) is 4.40 Å². The molecule has 0 aliphatic carbocycles. The van der Waals surface area contributed by atoms with Gasteiger partial charge in [0.15, 0.2) is 6.10 Å². The highest BCUT2D eigenvalue weighted by Crippen LogP contribution is 2.19. The molecule has 1 fully saturated rings. The minimum atomic E-state index is -3.46. The normalized spacial score (nSPS) is 21.0. The Morgan fingerprint density at radius 2 is 1.74 bits per heavy atom. The van der Waals surface area contributed by atoms with Crippen LogP contribution in [-0.2, 0) is 24.3 Å². The summed E-state index contributed by atoms with van der Waals surface area (Å²) < 4.78 is 32.2. The Balaban J connectivity index is 1.32. The average molecular weight is 445 g/mol. The monoisotopic (exact) mass is 444 g/mol.